The Morgan fingerprint density at radius 2 is 0.902 bits per heavy atom. The Hall–Kier alpha value is -4.99. The Morgan fingerprint density at radius 1 is 0.508 bits per heavy atom. The number of benzene rings is 5. The molecule has 2 fully saturated rings. The molecule has 0 bridgehead atoms. The lowest BCUT2D eigenvalue weighted by Gasteiger charge is -2.49. The van der Waals surface area contributed by atoms with Gasteiger partial charge in [-0.3, -0.25) is 0 Å². The molecule has 5 aromatic carbocycles. The predicted octanol–water partition coefficient (Wildman–Crippen LogP) is 7.70. The lowest BCUT2D eigenvalue weighted by atomic mass is 9.95. The number of ether oxygens (including phenoxy) is 9. The minimum Gasteiger partial charge on any atom is -0.388 e. The third-order valence-electron chi connectivity index (χ3n) is 10.6. The molecule has 10 atom stereocenters. The maximum atomic E-state index is 11.9. The molecule has 0 saturated carbocycles. The van der Waals surface area contributed by atoms with Crippen molar-refractivity contribution >= 4 is 0 Å². The lowest BCUT2D eigenvalue weighted by molar-refractivity contribution is -0.356. The van der Waals surface area contributed by atoms with Crippen molar-refractivity contribution in [2.24, 2.45) is 5.11 Å². The van der Waals surface area contributed by atoms with E-state index in [1.165, 1.54) is 0 Å². The summed E-state index contributed by atoms with van der Waals surface area (Å²) in [6.07, 6.45) is -8.83. The first-order chi connectivity index (χ1) is 30.1. The number of nitrogens with zero attached hydrogens (tertiary/aromatic N) is 3. The molecule has 61 heavy (non-hydrogen) atoms. The molecule has 2 aliphatic rings. The zero-order valence-electron chi connectivity index (χ0n) is 34.1. The van der Waals surface area contributed by atoms with Crippen LogP contribution in [0.1, 0.15) is 27.8 Å². The van der Waals surface area contributed by atoms with E-state index in [9.17, 15) is 10.6 Å². The Balaban J connectivity index is 1.22. The van der Waals surface area contributed by atoms with E-state index in [4.69, 9.17) is 42.6 Å². The normalized spacial score (nSPS) is 26.3. The van der Waals surface area contributed by atoms with E-state index in [0.717, 1.165) is 27.8 Å². The fourth-order valence-corrected chi connectivity index (χ4v) is 7.45. The highest BCUT2D eigenvalue weighted by Crippen LogP contribution is 2.35. The molecule has 7 unspecified atom stereocenters. The quantitative estimate of drug-likeness (QED) is 0.0443. The number of rotatable bonds is 21. The van der Waals surface area contributed by atoms with Crippen molar-refractivity contribution in [2.45, 2.75) is 94.4 Å². The maximum Gasteiger partial charge on any atom is 0.186 e. The van der Waals surface area contributed by atoms with Crippen LogP contribution in [0.5, 0.6) is 0 Å². The number of hydrogen-bond acceptors (Lipinski definition) is 11. The largest absolute Gasteiger partial charge is 0.388 e. The number of hydrogen-bond donors (Lipinski definition) is 1. The van der Waals surface area contributed by atoms with Crippen molar-refractivity contribution in [3.63, 3.8) is 0 Å². The van der Waals surface area contributed by atoms with Crippen molar-refractivity contribution < 1.29 is 47.7 Å². The topological polar surface area (TPSA) is 152 Å². The maximum absolute atomic E-state index is 11.9. The Morgan fingerprint density at radius 3 is 1.34 bits per heavy atom. The molecule has 0 aliphatic carbocycles. The summed E-state index contributed by atoms with van der Waals surface area (Å²) in [4.78, 5) is 3.18. The van der Waals surface area contributed by atoms with Gasteiger partial charge in [-0.25, -0.2) is 0 Å². The van der Waals surface area contributed by atoms with Gasteiger partial charge in [0.25, 0.3) is 0 Å². The molecule has 0 aromatic heterocycles. The molecule has 5 aromatic rings. The van der Waals surface area contributed by atoms with Crippen molar-refractivity contribution in [3.8, 4) is 0 Å². The molecular formula is C48H53N3O10. The van der Waals surface area contributed by atoms with Gasteiger partial charge in [0.15, 0.2) is 12.6 Å². The van der Waals surface area contributed by atoms with Crippen LogP contribution >= 0.6 is 0 Å². The van der Waals surface area contributed by atoms with Gasteiger partial charge in [-0.05, 0) is 33.3 Å². The van der Waals surface area contributed by atoms with Gasteiger partial charge in [-0.1, -0.05) is 157 Å². The number of azide groups is 1. The third-order valence-corrected chi connectivity index (χ3v) is 10.6. The summed E-state index contributed by atoms with van der Waals surface area (Å²) in [5.74, 6) is 0. The van der Waals surface area contributed by atoms with Gasteiger partial charge in [0.2, 0.25) is 0 Å². The van der Waals surface area contributed by atoms with Crippen LogP contribution < -0.4 is 0 Å². The highest BCUT2D eigenvalue weighted by atomic mass is 16.7. The van der Waals surface area contributed by atoms with E-state index < -0.39 is 61.3 Å². The molecule has 2 saturated heterocycles. The van der Waals surface area contributed by atoms with E-state index >= 15 is 0 Å². The molecule has 0 amide bonds. The second-order valence-corrected chi connectivity index (χ2v) is 14.9. The highest BCUT2D eigenvalue weighted by Gasteiger charge is 2.53. The minimum atomic E-state index is -1.27. The molecule has 7 rings (SSSR count). The van der Waals surface area contributed by atoms with Crippen LogP contribution in [0.4, 0.5) is 0 Å². The van der Waals surface area contributed by atoms with Crippen LogP contribution in [0.15, 0.2) is 157 Å². The smallest absolute Gasteiger partial charge is 0.186 e. The first kappa shape index (κ1) is 44.1. The summed E-state index contributed by atoms with van der Waals surface area (Å²) in [6, 6.07) is 47.5. The van der Waals surface area contributed by atoms with E-state index in [1.807, 2.05) is 152 Å². The summed E-state index contributed by atoms with van der Waals surface area (Å²) in [6.45, 7) is 1.18. The summed E-state index contributed by atoms with van der Waals surface area (Å²) in [7, 11) is 1.55. The molecular weight excluding hydrogens is 779 g/mol. The van der Waals surface area contributed by atoms with Crippen molar-refractivity contribution in [3.05, 3.63) is 190 Å². The Kier molecular flexibility index (Phi) is 16.8. The Labute approximate surface area is 356 Å². The first-order valence-corrected chi connectivity index (χ1v) is 20.5. The van der Waals surface area contributed by atoms with Crippen LogP contribution in [0, 0.1) is 0 Å². The van der Waals surface area contributed by atoms with Crippen LogP contribution in [-0.2, 0) is 75.7 Å². The van der Waals surface area contributed by atoms with Gasteiger partial charge in [-0.2, -0.15) is 0 Å². The summed E-state index contributed by atoms with van der Waals surface area (Å²) >= 11 is 0. The van der Waals surface area contributed by atoms with Gasteiger partial charge >= 0.3 is 0 Å². The van der Waals surface area contributed by atoms with Crippen molar-refractivity contribution in [1.82, 2.24) is 0 Å². The van der Waals surface area contributed by atoms with Gasteiger partial charge in [0.1, 0.15) is 42.7 Å². The molecule has 13 nitrogen and oxygen atoms in total. The molecule has 1 N–H and O–H groups in total. The average molecular weight is 832 g/mol. The predicted molar refractivity (Wildman–Crippen MR) is 225 cm³/mol. The summed E-state index contributed by atoms with van der Waals surface area (Å²) in [5.41, 5.74) is 14.6. The highest BCUT2D eigenvalue weighted by molar-refractivity contribution is 5.17. The van der Waals surface area contributed by atoms with E-state index in [1.54, 1.807) is 7.11 Å². The second-order valence-electron chi connectivity index (χ2n) is 14.9. The number of methoxy groups -OCH3 is 1. The summed E-state index contributed by atoms with van der Waals surface area (Å²) in [5, 5.41) is 16.0. The monoisotopic (exact) mass is 831 g/mol. The number of aliphatic hydroxyl groups is 1. The Bertz CT molecular complexity index is 2030. The minimum absolute atomic E-state index is 0.0165. The molecule has 0 radical (unpaired) electrons. The van der Waals surface area contributed by atoms with E-state index in [0.29, 0.717) is 6.61 Å². The van der Waals surface area contributed by atoms with Crippen LogP contribution in [-0.4, -0.2) is 86.8 Å². The van der Waals surface area contributed by atoms with Gasteiger partial charge < -0.3 is 47.7 Å². The zero-order valence-corrected chi connectivity index (χ0v) is 34.1. The standard InChI is InChI=1S/C48H53N3O10/c1-53-48-46(58-31-38-25-15-6-16-26-38)45(57-30-37-23-13-5-14-24-37)43(40(60-48)33-55-28-35-19-9-3-10-20-35)61-47-41(50-51-49)44(56-29-36-21-11-4-12-22-36)42(52)39(59-47)32-54-27-34-17-7-2-8-18-34/h2-26,39-48,52H,27-33H2,1H3/t39?,40?,41?,42-,43-,44?,45?,46?,47?,48+/m1/s1. The molecule has 2 aliphatic heterocycles. The van der Waals surface area contributed by atoms with Crippen LogP contribution in [0.25, 0.3) is 10.4 Å². The zero-order chi connectivity index (χ0) is 42.1. The SMILES string of the molecule is CO[C@H]1OC(COCc2ccccc2)[C@@H](OC2OC(COCc3ccccc3)[C@@H](O)C(OCc3ccccc3)C2N=[N+]=[N-])C(OCc2ccccc2)C1OCc1ccccc1. The fourth-order valence-electron chi connectivity index (χ4n) is 7.45. The first-order valence-electron chi connectivity index (χ1n) is 20.5. The van der Waals surface area contributed by atoms with Crippen LogP contribution in [0.2, 0.25) is 0 Å². The third kappa shape index (κ3) is 12.5. The van der Waals surface area contributed by atoms with Gasteiger partial charge in [0, 0.05) is 12.0 Å². The lowest BCUT2D eigenvalue weighted by Crippen LogP contribution is -2.65. The van der Waals surface area contributed by atoms with Crippen LogP contribution in [0.3, 0.4) is 0 Å². The van der Waals surface area contributed by atoms with E-state index in [2.05, 4.69) is 10.0 Å². The van der Waals surface area contributed by atoms with Gasteiger partial charge in [0.05, 0.1) is 52.4 Å². The van der Waals surface area contributed by atoms with Crippen molar-refractivity contribution in [2.75, 3.05) is 20.3 Å². The summed E-state index contributed by atoms with van der Waals surface area (Å²) < 4.78 is 58.5. The molecule has 320 valence electrons. The van der Waals surface area contributed by atoms with E-state index in [-0.39, 0.29) is 39.6 Å². The second kappa shape index (κ2) is 23.3. The van der Waals surface area contributed by atoms with Crippen molar-refractivity contribution in [1.29, 1.82) is 0 Å². The molecule has 0 spiro atoms. The van der Waals surface area contributed by atoms with Gasteiger partial charge in [-0.15, -0.1) is 0 Å². The average Bonchev–Trinajstić information content (AvgIpc) is 3.31. The molecule has 2 heterocycles. The molecule has 13 heteroatoms. The fraction of sp³-hybridized carbons (Fsp3) is 0.375. The number of aliphatic hydroxyl groups excluding tert-OH is 1.